The maximum Gasteiger partial charge on any atom is 0.338 e. The fourth-order valence-corrected chi connectivity index (χ4v) is 3.84. The van der Waals surface area contributed by atoms with Gasteiger partial charge in [0.25, 0.3) is 5.56 Å². The van der Waals surface area contributed by atoms with E-state index in [1.165, 1.54) is 11.3 Å². The summed E-state index contributed by atoms with van der Waals surface area (Å²) >= 11 is 0. The van der Waals surface area contributed by atoms with Gasteiger partial charge in [-0.3, -0.25) is 19.1 Å². The van der Waals surface area contributed by atoms with E-state index in [1.54, 1.807) is 42.9 Å². The lowest BCUT2D eigenvalue weighted by Crippen LogP contribution is -2.20. The van der Waals surface area contributed by atoms with Crippen LogP contribution in [0, 0.1) is 6.92 Å². The van der Waals surface area contributed by atoms with Gasteiger partial charge in [0.1, 0.15) is 11.4 Å². The van der Waals surface area contributed by atoms with Gasteiger partial charge in [0.2, 0.25) is 0 Å². The Kier molecular flexibility index (Phi) is 4.55. The smallest absolute Gasteiger partial charge is 0.338 e. The number of nitrogens with zero attached hydrogens (tertiary/aromatic N) is 2. The summed E-state index contributed by atoms with van der Waals surface area (Å²) in [5.41, 5.74) is 1.41. The number of nitrogens with one attached hydrogen (secondary N) is 1. The third-order valence-electron chi connectivity index (χ3n) is 3.89. The van der Waals surface area contributed by atoms with Crippen molar-refractivity contribution in [1.82, 2.24) is 9.36 Å². The van der Waals surface area contributed by atoms with Crippen molar-refractivity contribution in [2.45, 2.75) is 6.92 Å². The monoisotopic (exact) mass is 357 g/mol. The first kappa shape index (κ1) is 17.1. The molecule has 0 unspecified atom stereocenters. The van der Waals surface area contributed by atoms with Crippen molar-refractivity contribution in [2.24, 2.45) is 7.05 Å². The molecule has 7 heteroatoms. The van der Waals surface area contributed by atoms with Gasteiger partial charge in [0.15, 0.2) is 0 Å². The molecule has 3 rings (SSSR count). The van der Waals surface area contributed by atoms with E-state index in [1.807, 2.05) is 36.4 Å². The molecule has 6 nitrogen and oxygen atoms in total. The lowest BCUT2D eigenvalue weighted by Gasteiger charge is -2.16. The van der Waals surface area contributed by atoms with E-state index in [2.05, 4.69) is 5.09 Å². The van der Waals surface area contributed by atoms with Crippen LogP contribution in [0.3, 0.4) is 0 Å². The summed E-state index contributed by atoms with van der Waals surface area (Å²) in [5, 5.41) is 2.81. The van der Waals surface area contributed by atoms with E-state index in [9.17, 15) is 9.36 Å². The Morgan fingerprint density at radius 3 is 2.16 bits per heavy atom. The van der Waals surface area contributed by atoms with Crippen LogP contribution in [0.15, 0.2) is 65.5 Å². The van der Waals surface area contributed by atoms with Gasteiger partial charge in [0.05, 0.1) is 11.4 Å². The van der Waals surface area contributed by atoms with E-state index in [0.717, 1.165) is 5.69 Å². The molecule has 0 spiro atoms. The Hall–Kier alpha value is -2.72. The molecular formula is C18H20N3O3P. The van der Waals surface area contributed by atoms with Crippen LogP contribution in [0.1, 0.15) is 5.69 Å². The van der Waals surface area contributed by atoms with E-state index in [0.29, 0.717) is 11.4 Å². The second kappa shape index (κ2) is 6.65. The van der Waals surface area contributed by atoms with Crippen LogP contribution in [-0.2, 0) is 11.6 Å². The van der Waals surface area contributed by atoms with Gasteiger partial charge in [-0.1, -0.05) is 36.4 Å². The molecule has 3 aromatic rings. The highest BCUT2D eigenvalue weighted by atomic mass is 31.2. The molecule has 1 atom stereocenters. The molecule has 130 valence electrons. The van der Waals surface area contributed by atoms with Crippen LogP contribution >= 0.6 is 7.52 Å². The van der Waals surface area contributed by atoms with Crippen molar-refractivity contribution < 1.29 is 9.09 Å². The normalized spacial score (nSPS) is 13.2. The second-order valence-electron chi connectivity index (χ2n) is 5.80. The van der Waals surface area contributed by atoms with E-state index in [4.69, 9.17) is 4.52 Å². The quantitative estimate of drug-likeness (QED) is 0.706. The van der Waals surface area contributed by atoms with Crippen molar-refractivity contribution in [2.75, 3.05) is 11.8 Å². The highest BCUT2D eigenvalue weighted by Gasteiger charge is 2.24. The predicted molar refractivity (Wildman–Crippen MR) is 100.0 cm³/mol. The Morgan fingerprint density at radius 1 is 1.00 bits per heavy atom. The first-order chi connectivity index (χ1) is 11.9. The summed E-state index contributed by atoms with van der Waals surface area (Å²) in [6.07, 6.45) is 0. The zero-order valence-corrected chi connectivity index (χ0v) is 15.2. The van der Waals surface area contributed by atoms with E-state index >= 15 is 0 Å². The summed E-state index contributed by atoms with van der Waals surface area (Å²) < 4.78 is 21.6. The summed E-state index contributed by atoms with van der Waals surface area (Å²) in [4.78, 5) is 12.8. The van der Waals surface area contributed by atoms with Crippen LogP contribution in [0.5, 0.6) is 5.75 Å². The summed E-state index contributed by atoms with van der Waals surface area (Å²) in [6.45, 7) is 3.25. The van der Waals surface area contributed by atoms with Crippen LogP contribution in [0.25, 0.3) is 5.69 Å². The zero-order chi connectivity index (χ0) is 18.0. The molecule has 0 aliphatic heterocycles. The number of para-hydroxylation sites is 2. The van der Waals surface area contributed by atoms with Gasteiger partial charge in [-0.05, 0) is 31.2 Å². The maximum absolute atomic E-state index is 12.8. The highest BCUT2D eigenvalue weighted by molar-refractivity contribution is 7.60. The number of rotatable bonds is 5. The molecule has 1 heterocycles. The first-order valence-corrected chi connectivity index (χ1v) is 9.91. The number of hydrogen-bond donors (Lipinski definition) is 1. The van der Waals surface area contributed by atoms with Crippen molar-refractivity contribution >= 4 is 13.2 Å². The molecule has 25 heavy (non-hydrogen) atoms. The van der Waals surface area contributed by atoms with E-state index < -0.39 is 7.52 Å². The molecule has 1 aromatic heterocycles. The topological polar surface area (TPSA) is 65.3 Å². The summed E-state index contributed by atoms with van der Waals surface area (Å²) in [6, 6.07) is 18.2. The molecule has 0 aliphatic carbocycles. The maximum atomic E-state index is 12.8. The summed E-state index contributed by atoms with van der Waals surface area (Å²) in [5.74, 6) is 0.484. The Bertz CT molecular complexity index is 978. The van der Waals surface area contributed by atoms with Crippen LogP contribution < -0.4 is 15.2 Å². The fourth-order valence-electron chi connectivity index (χ4n) is 2.61. The first-order valence-electron chi connectivity index (χ1n) is 7.83. The third kappa shape index (κ3) is 3.54. The van der Waals surface area contributed by atoms with Crippen molar-refractivity contribution in [3.63, 3.8) is 0 Å². The van der Waals surface area contributed by atoms with E-state index in [-0.39, 0.29) is 11.2 Å². The largest absolute Gasteiger partial charge is 0.429 e. The molecule has 0 radical (unpaired) electrons. The molecule has 0 saturated carbocycles. The van der Waals surface area contributed by atoms with Crippen LogP contribution in [0.2, 0.25) is 0 Å². The van der Waals surface area contributed by atoms with Crippen molar-refractivity contribution in [3.8, 4) is 11.4 Å². The Labute approximate surface area is 146 Å². The SMILES string of the molecule is Cc1c(N[P@@](C)(=O)Oc2ccccc2)c(=O)n(-c2ccccc2)n1C. The molecule has 0 aliphatic rings. The fraction of sp³-hybridized carbons (Fsp3) is 0.167. The van der Waals surface area contributed by atoms with Crippen molar-refractivity contribution in [1.29, 1.82) is 0 Å². The molecule has 1 N–H and O–H groups in total. The van der Waals surface area contributed by atoms with Crippen LogP contribution in [-0.4, -0.2) is 16.0 Å². The molecular weight excluding hydrogens is 337 g/mol. The van der Waals surface area contributed by atoms with Crippen LogP contribution in [0.4, 0.5) is 5.69 Å². The molecule has 2 aromatic carbocycles. The molecule has 0 fully saturated rings. The van der Waals surface area contributed by atoms with Gasteiger partial charge in [-0.25, -0.2) is 4.68 Å². The highest BCUT2D eigenvalue weighted by Crippen LogP contribution is 2.43. The number of aromatic nitrogens is 2. The van der Waals surface area contributed by atoms with Gasteiger partial charge >= 0.3 is 7.52 Å². The molecule has 0 amide bonds. The second-order valence-corrected chi connectivity index (χ2v) is 7.90. The van der Waals surface area contributed by atoms with Crippen molar-refractivity contribution in [3.05, 3.63) is 76.7 Å². The third-order valence-corrected chi connectivity index (χ3v) is 5.08. The Balaban J connectivity index is 1.96. The van der Waals surface area contributed by atoms with Gasteiger partial charge in [-0.2, -0.15) is 0 Å². The Morgan fingerprint density at radius 2 is 1.56 bits per heavy atom. The number of benzene rings is 2. The summed E-state index contributed by atoms with van der Waals surface area (Å²) in [7, 11) is -1.48. The average molecular weight is 357 g/mol. The van der Waals surface area contributed by atoms with Gasteiger partial charge in [0, 0.05) is 13.7 Å². The zero-order valence-electron chi connectivity index (χ0n) is 14.3. The standard InChI is InChI=1S/C18H20N3O3P/c1-14-17(19-25(3,23)24-16-12-8-5-9-13-16)18(22)21(20(14)2)15-10-6-4-7-11-15/h4-13H,1-3H3,(H,19,23)/t25-/m0/s1. The minimum Gasteiger partial charge on any atom is -0.429 e. The lowest BCUT2D eigenvalue weighted by atomic mass is 10.3. The van der Waals surface area contributed by atoms with Gasteiger partial charge in [-0.15, -0.1) is 0 Å². The minimum absolute atomic E-state index is 0.271. The lowest BCUT2D eigenvalue weighted by molar-refractivity contribution is 0.493. The number of anilines is 1. The predicted octanol–water partition coefficient (Wildman–Crippen LogP) is 3.80. The average Bonchev–Trinajstić information content (AvgIpc) is 2.79. The minimum atomic E-state index is -3.26. The number of hydrogen-bond acceptors (Lipinski definition) is 3. The molecule has 0 saturated heterocycles. The molecule has 0 bridgehead atoms. The van der Waals surface area contributed by atoms with Gasteiger partial charge < -0.3 is 4.52 Å².